The monoisotopic (exact) mass is 364 g/mol. The number of piperidine rings is 1. The van der Waals surface area contributed by atoms with Crippen molar-refractivity contribution in [3.63, 3.8) is 0 Å². The Balaban J connectivity index is 1.42. The first kappa shape index (κ1) is 17.4. The minimum absolute atomic E-state index is 0.0159. The van der Waals surface area contributed by atoms with Crippen molar-refractivity contribution in [2.24, 2.45) is 5.92 Å². The molecule has 0 saturated carbocycles. The summed E-state index contributed by atoms with van der Waals surface area (Å²) in [6.45, 7) is 2.04. The van der Waals surface area contributed by atoms with Crippen molar-refractivity contribution in [2.45, 2.75) is 25.3 Å². The average molecular weight is 364 g/mol. The Kier molecular flexibility index (Phi) is 4.94. The molecule has 4 rings (SSSR count). The van der Waals surface area contributed by atoms with Crippen molar-refractivity contribution in [3.05, 3.63) is 48.2 Å². The fourth-order valence-corrected chi connectivity index (χ4v) is 3.70. The predicted molar refractivity (Wildman–Crippen MR) is 96.1 cm³/mol. The summed E-state index contributed by atoms with van der Waals surface area (Å²) in [6, 6.07) is 5.58. The summed E-state index contributed by atoms with van der Waals surface area (Å²) in [5.74, 6) is 0.837. The zero-order valence-electron chi connectivity index (χ0n) is 14.9. The molecule has 0 radical (unpaired) electrons. The summed E-state index contributed by atoms with van der Waals surface area (Å²) >= 11 is 0. The van der Waals surface area contributed by atoms with Crippen LogP contribution in [0.3, 0.4) is 0 Å². The molecular weight excluding hydrogens is 344 g/mol. The molecule has 2 aromatic heterocycles. The van der Waals surface area contributed by atoms with Crippen molar-refractivity contribution in [3.8, 4) is 6.07 Å². The van der Waals surface area contributed by atoms with E-state index in [4.69, 9.17) is 10.1 Å². The number of carbonyl (C=O) groups excluding carboxylic acids is 1. The number of pyridine rings is 1. The Labute approximate surface area is 157 Å². The van der Waals surface area contributed by atoms with Gasteiger partial charge in [-0.2, -0.15) is 5.26 Å². The Morgan fingerprint density at radius 2 is 2.07 bits per heavy atom. The maximum atomic E-state index is 13.1. The molecule has 4 heterocycles. The van der Waals surface area contributed by atoms with Crippen molar-refractivity contribution in [1.82, 2.24) is 20.0 Å². The van der Waals surface area contributed by atoms with Gasteiger partial charge in [0.25, 0.3) is 0 Å². The van der Waals surface area contributed by atoms with Crippen LogP contribution in [0.25, 0.3) is 0 Å². The van der Waals surface area contributed by atoms with Crippen molar-refractivity contribution in [1.29, 1.82) is 5.26 Å². The van der Waals surface area contributed by atoms with E-state index in [0.717, 1.165) is 37.3 Å². The summed E-state index contributed by atoms with van der Waals surface area (Å²) in [4.78, 5) is 33.2. The molecule has 8 heteroatoms. The Morgan fingerprint density at radius 1 is 1.22 bits per heavy atom. The molecule has 0 bridgehead atoms. The van der Waals surface area contributed by atoms with Crippen LogP contribution in [0.1, 0.15) is 36.4 Å². The normalized spacial score (nSPS) is 20.5. The van der Waals surface area contributed by atoms with Gasteiger partial charge in [-0.25, -0.2) is 15.0 Å². The van der Waals surface area contributed by atoms with Gasteiger partial charge in [0.15, 0.2) is 0 Å². The summed E-state index contributed by atoms with van der Waals surface area (Å²) < 4.78 is 0. The van der Waals surface area contributed by atoms with Crippen LogP contribution in [0.2, 0.25) is 0 Å². The highest BCUT2D eigenvalue weighted by Gasteiger charge is 2.37. The zero-order valence-corrected chi connectivity index (χ0v) is 14.9. The molecule has 0 unspecified atom stereocenters. The molecule has 0 N–H and O–H groups in total. The van der Waals surface area contributed by atoms with Crippen LogP contribution in [0.15, 0.2) is 37.1 Å². The quantitative estimate of drug-likeness (QED) is 0.820. The third-order valence-corrected chi connectivity index (χ3v) is 5.13. The van der Waals surface area contributed by atoms with Crippen LogP contribution in [-0.4, -0.2) is 45.6 Å². The molecular formula is C19H20N6O2. The van der Waals surface area contributed by atoms with Gasteiger partial charge in [0.2, 0.25) is 5.91 Å². The molecule has 2 aliphatic heterocycles. The highest BCUT2D eigenvalue weighted by Crippen LogP contribution is 2.33. The molecule has 0 aliphatic carbocycles. The fourth-order valence-electron chi connectivity index (χ4n) is 3.70. The number of hydrogen-bond acceptors (Lipinski definition) is 7. The van der Waals surface area contributed by atoms with E-state index in [-0.39, 0.29) is 17.9 Å². The minimum Gasteiger partial charge on any atom is -0.356 e. The molecule has 2 aromatic rings. The third-order valence-electron chi connectivity index (χ3n) is 5.13. The van der Waals surface area contributed by atoms with E-state index < -0.39 is 0 Å². The van der Waals surface area contributed by atoms with E-state index in [1.54, 1.807) is 24.8 Å². The van der Waals surface area contributed by atoms with E-state index in [0.29, 0.717) is 18.6 Å². The first-order valence-corrected chi connectivity index (χ1v) is 9.08. The number of hydroxylamine groups is 2. The summed E-state index contributed by atoms with van der Waals surface area (Å²) in [6.07, 6.45) is 8.72. The number of anilines is 1. The number of nitrogens with zero attached hydrogens (tertiary/aromatic N) is 6. The number of carbonyl (C=O) groups is 1. The number of nitriles is 1. The molecule has 0 aromatic carbocycles. The molecule has 0 spiro atoms. The largest absolute Gasteiger partial charge is 0.356 e. The summed E-state index contributed by atoms with van der Waals surface area (Å²) in [7, 11) is 0. The first-order valence-electron chi connectivity index (χ1n) is 9.08. The lowest BCUT2D eigenvalue weighted by atomic mass is 9.94. The second-order valence-corrected chi connectivity index (χ2v) is 6.75. The smallest absolute Gasteiger partial charge is 0.249 e. The van der Waals surface area contributed by atoms with Crippen LogP contribution < -0.4 is 4.90 Å². The van der Waals surface area contributed by atoms with Crippen molar-refractivity contribution < 1.29 is 9.63 Å². The fraction of sp³-hybridized carbons (Fsp3) is 0.421. The lowest BCUT2D eigenvalue weighted by molar-refractivity contribution is -0.182. The number of aromatic nitrogens is 3. The molecule has 27 heavy (non-hydrogen) atoms. The maximum absolute atomic E-state index is 13.1. The molecule has 1 atom stereocenters. The summed E-state index contributed by atoms with van der Waals surface area (Å²) in [5.41, 5.74) is 1.34. The van der Waals surface area contributed by atoms with Crippen molar-refractivity contribution >= 4 is 11.7 Å². The van der Waals surface area contributed by atoms with E-state index in [1.807, 2.05) is 6.07 Å². The highest BCUT2D eigenvalue weighted by molar-refractivity contribution is 5.79. The second kappa shape index (κ2) is 7.68. The molecule has 138 valence electrons. The van der Waals surface area contributed by atoms with Gasteiger partial charge in [0.1, 0.15) is 18.2 Å². The van der Waals surface area contributed by atoms with Crippen LogP contribution >= 0.6 is 0 Å². The average Bonchev–Trinajstić information content (AvgIpc) is 3.24. The lowest BCUT2D eigenvalue weighted by Crippen LogP contribution is -2.42. The predicted octanol–water partition coefficient (Wildman–Crippen LogP) is 1.86. The Bertz CT molecular complexity index is 845. The van der Waals surface area contributed by atoms with Crippen LogP contribution in [0.5, 0.6) is 0 Å². The van der Waals surface area contributed by atoms with Gasteiger partial charge in [-0.15, -0.1) is 0 Å². The third kappa shape index (κ3) is 3.59. The SMILES string of the molecule is N#Cc1cncc([C@@H]2CCON2C(=O)C2CCN(c3ccncn3)CC2)c1. The highest BCUT2D eigenvalue weighted by atomic mass is 16.7. The van der Waals surface area contributed by atoms with Gasteiger partial charge in [0.05, 0.1) is 18.2 Å². The number of amides is 1. The lowest BCUT2D eigenvalue weighted by Gasteiger charge is -2.34. The number of rotatable bonds is 3. The molecule has 2 fully saturated rings. The van der Waals surface area contributed by atoms with Gasteiger partial charge >= 0.3 is 0 Å². The van der Waals surface area contributed by atoms with Gasteiger partial charge < -0.3 is 4.90 Å². The second-order valence-electron chi connectivity index (χ2n) is 6.75. The molecule has 2 saturated heterocycles. The van der Waals surface area contributed by atoms with Gasteiger partial charge in [-0.3, -0.25) is 14.6 Å². The standard InChI is InChI=1S/C19H20N6O2/c20-10-14-9-16(12-22-11-14)17-4-8-27-25(17)19(26)15-2-6-24(7-3-15)18-1-5-21-13-23-18/h1,5,9,11-13,15,17H,2-4,6-8H2/t17-/m0/s1. The van der Waals surface area contributed by atoms with E-state index in [9.17, 15) is 4.79 Å². The molecule has 1 amide bonds. The van der Waals surface area contributed by atoms with Crippen molar-refractivity contribution in [2.75, 3.05) is 24.6 Å². The Hall–Kier alpha value is -3.05. The van der Waals surface area contributed by atoms with Gasteiger partial charge in [-0.05, 0) is 30.5 Å². The first-order chi connectivity index (χ1) is 13.3. The minimum atomic E-state index is -0.182. The van der Waals surface area contributed by atoms with Crippen LogP contribution in [0, 0.1) is 17.2 Å². The van der Waals surface area contributed by atoms with E-state index in [1.165, 1.54) is 11.3 Å². The van der Waals surface area contributed by atoms with Crippen LogP contribution in [-0.2, 0) is 9.63 Å². The topological polar surface area (TPSA) is 95.2 Å². The molecule has 8 nitrogen and oxygen atoms in total. The summed E-state index contributed by atoms with van der Waals surface area (Å²) in [5, 5.41) is 10.6. The Morgan fingerprint density at radius 3 is 2.81 bits per heavy atom. The van der Waals surface area contributed by atoms with Crippen LogP contribution in [0.4, 0.5) is 5.82 Å². The maximum Gasteiger partial charge on any atom is 0.249 e. The molecule has 2 aliphatic rings. The van der Waals surface area contributed by atoms with E-state index >= 15 is 0 Å². The van der Waals surface area contributed by atoms with Gasteiger partial charge in [0, 0.05) is 44.0 Å². The zero-order chi connectivity index (χ0) is 18.6. The van der Waals surface area contributed by atoms with Gasteiger partial charge in [-0.1, -0.05) is 0 Å². The van der Waals surface area contributed by atoms with E-state index in [2.05, 4.69) is 25.9 Å². The number of hydrogen-bond donors (Lipinski definition) is 0.